The van der Waals surface area contributed by atoms with Crippen molar-refractivity contribution < 1.29 is 30.4 Å². The summed E-state index contributed by atoms with van der Waals surface area (Å²) in [5, 5.41) is 43.4. The topological polar surface area (TPSA) is 130 Å². The van der Waals surface area contributed by atoms with Crippen molar-refractivity contribution in [3.63, 3.8) is 0 Å². The van der Waals surface area contributed by atoms with Crippen molar-refractivity contribution >= 4 is 5.91 Å². The number of hydrogen-bond acceptors (Lipinski definition) is 6. The lowest BCUT2D eigenvalue weighted by molar-refractivity contribution is -0.149. The van der Waals surface area contributed by atoms with E-state index in [2.05, 4.69) is 0 Å². The third kappa shape index (κ3) is 3.66. The summed E-state index contributed by atoms with van der Waals surface area (Å²) in [5.74, 6) is -1.22. The molecular weight excluding hydrogens is 182 g/mol. The number of aliphatic hydroxyl groups excluding tert-OH is 4. The van der Waals surface area contributed by atoms with Crippen LogP contribution in [-0.2, 0) is 4.79 Å². The first-order valence-corrected chi connectivity index (χ1v) is 3.63. The summed E-state index contributed by atoms with van der Waals surface area (Å²) in [5.41, 5.74) is 1.12. The first kappa shape index (κ1) is 12.3. The van der Waals surface area contributed by atoms with Crippen LogP contribution in [-0.4, -0.2) is 56.5 Å². The Morgan fingerprint density at radius 3 is 2.23 bits per heavy atom. The minimum absolute atomic E-state index is 0.170. The van der Waals surface area contributed by atoms with Crippen molar-refractivity contribution in [2.45, 2.75) is 24.7 Å². The summed E-state index contributed by atoms with van der Waals surface area (Å²) >= 11 is 0. The van der Waals surface area contributed by atoms with Crippen LogP contribution in [0.2, 0.25) is 0 Å². The largest absolute Gasteiger partial charge is 0.396 e. The molecule has 0 aliphatic heterocycles. The Morgan fingerprint density at radius 1 is 1.31 bits per heavy atom. The number of hydrogen-bond donors (Lipinski definition) is 6. The molecule has 7 nitrogen and oxygen atoms in total. The first-order valence-electron chi connectivity index (χ1n) is 3.63. The van der Waals surface area contributed by atoms with Gasteiger partial charge in [-0.25, -0.2) is 5.48 Å². The standard InChI is InChI=1S/C6H13NO6/c8-2-1-3(9)4(10)5(11)6(12)7-13/h3-5,8-11,13H,1-2H2,(H,7,12). The van der Waals surface area contributed by atoms with Crippen molar-refractivity contribution in [3.8, 4) is 0 Å². The Bertz CT molecular complexity index is 163. The third-order valence-corrected chi connectivity index (χ3v) is 1.52. The quantitative estimate of drug-likeness (QED) is 0.204. The fourth-order valence-corrected chi connectivity index (χ4v) is 0.735. The summed E-state index contributed by atoms with van der Waals surface area (Å²) in [4.78, 5) is 10.5. The van der Waals surface area contributed by atoms with Gasteiger partial charge in [0.15, 0.2) is 6.10 Å². The number of nitrogens with one attached hydrogen (secondary N) is 1. The Kier molecular flexibility index (Phi) is 5.51. The van der Waals surface area contributed by atoms with E-state index >= 15 is 0 Å². The molecule has 7 heteroatoms. The molecule has 0 aromatic rings. The average Bonchev–Trinajstić information content (AvgIpc) is 2.14. The number of amides is 1. The van der Waals surface area contributed by atoms with E-state index in [-0.39, 0.29) is 13.0 Å². The predicted molar refractivity (Wildman–Crippen MR) is 39.7 cm³/mol. The number of rotatable bonds is 5. The van der Waals surface area contributed by atoms with Crippen LogP contribution in [0.1, 0.15) is 6.42 Å². The molecule has 3 unspecified atom stereocenters. The number of hydroxylamine groups is 1. The van der Waals surface area contributed by atoms with Gasteiger partial charge in [-0.1, -0.05) is 0 Å². The molecule has 0 heterocycles. The zero-order valence-electron chi connectivity index (χ0n) is 6.79. The van der Waals surface area contributed by atoms with Crippen molar-refractivity contribution in [2.24, 2.45) is 0 Å². The number of carbonyl (C=O) groups excluding carboxylic acids is 1. The smallest absolute Gasteiger partial charge is 0.274 e. The lowest BCUT2D eigenvalue weighted by atomic mass is 10.1. The molecule has 6 N–H and O–H groups in total. The van der Waals surface area contributed by atoms with Crippen LogP contribution in [0, 0.1) is 0 Å². The van der Waals surface area contributed by atoms with Gasteiger partial charge in [0.25, 0.3) is 5.91 Å². The van der Waals surface area contributed by atoms with Gasteiger partial charge in [-0.05, 0) is 6.42 Å². The number of carbonyl (C=O) groups is 1. The second-order valence-corrected chi connectivity index (χ2v) is 2.49. The van der Waals surface area contributed by atoms with Crippen LogP contribution in [0.3, 0.4) is 0 Å². The van der Waals surface area contributed by atoms with E-state index in [9.17, 15) is 4.79 Å². The Labute approximate surface area is 74.2 Å². The van der Waals surface area contributed by atoms with Crippen LogP contribution in [0.25, 0.3) is 0 Å². The molecule has 0 bridgehead atoms. The summed E-state index contributed by atoms with van der Waals surface area (Å²) in [6, 6.07) is 0. The van der Waals surface area contributed by atoms with Crippen molar-refractivity contribution in [2.75, 3.05) is 6.61 Å². The Balaban J connectivity index is 4.07. The second kappa shape index (κ2) is 5.84. The molecule has 0 aliphatic rings. The minimum Gasteiger partial charge on any atom is -0.396 e. The normalized spacial score (nSPS) is 17.6. The SMILES string of the molecule is O=C(NO)C(O)C(O)C(O)CCO. The lowest BCUT2D eigenvalue weighted by Gasteiger charge is -2.20. The number of aliphatic hydroxyl groups is 4. The van der Waals surface area contributed by atoms with Crippen molar-refractivity contribution in [3.05, 3.63) is 0 Å². The molecule has 3 atom stereocenters. The Morgan fingerprint density at radius 2 is 1.85 bits per heavy atom. The van der Waals surface area contributed by atoms with Gasteiger partial charge in [-0.15, -0.1) is 0 Å². The highest BCUT2D eigenvalue weighted by molar-refractivity contribution is 5.79. The highest BCUT2D eigenvalue weighted by atomic mass is 16.5. The minimum atomic E-state index is -1.92. The molecular formula is C6H13NO6. The maximum Gasteiger partial charge on any atom is 0.274 e. The summed E-state index contributed by atoms with van der Waals surface area (Å²) in [6.07, 6.45) is -5.25. The molecule has 0 aromatic carbocycles. The molecule has 0 rings (SSSR count). The van der Waals surface area contributed by atoms with Gasteiger partial charge in [0.1, 0.15) is 6.10 Å². The fraction of sp³-hybridized carbons (Fsp3) is 0.833. The van der Waals surface area contributed by atoms with Crippen molar-refractivity contribution in [1.29, 1.82) is 0 Å². The van der Waals surface area contributed by atoms with E-state index in [1.807, 2.05) is 0 Å². The highest BCUT2D eigenvalue weighted by Crippen LogP contribution is 2.03. The Hall–Kier alpha value is -0.730. The van der Waals surface area contributed by atoms with Crippen molar-refractivity contribution in [1.82, 2.24) is 5.48 Å². The molecule has 0 saturated heterocycles. The third-order valence-electron chi connectivity index (χ3n) is 1.52. The van der Waals surface area contributed by atoms with E-state index in [1.54, 1.807) is 0 Å². The summed E-state index contributed by atoms with van der Waals surface area (Å²) in [7, 11) is 0. The van der Waals surface area contributed by atoms with Crippen LogP contribution in [0.4, 0.5) is 0 Å². The van der Waals surface area contributed by atoms with E-state index in [1.165, 1.54) is 0 Å². The highest BCUT2D eigenvalue weighted by Gasteiger charge is 2.29. The monoisotopic (exact) mass is 195 g/mol. The van der Waals surface area contributed by atoms with Gasteiger partial charge in [-0.2, -0.15) is 0 Å². The second-order valence-electron chi connectivity index (χ2n) is 2.49. The maximum atomic E-state index is 10.5. The molecule has 78 valence electrons. The molecule has 0 fully saturated rings. The van der Waals surface area contributed by atoms with E-state index in [0.29, 0.717) is 0 Å². The molecule has 0 spiro atoms. The molecule has 0 radical (unpaired) electrons. The van der Waals surface area contributed by atoms with Gasteiger partial charge in [0.2, 0.25) is 0 Å². The molecule has 0 saturated carbocycles. The molecule has 1 amide bonds. The van der Waals surface area contributed by atoms with E-state index < -0.39 is 24.2 Å². The fourth-order valence-electron chi connectivity index (χ4n) is 0.735. The first-order chi connectivity index (χ1) is 6.04. The average molecular weight is 195 g/mol. The van der Waals surface area contributed by atoms with Gasteiger partial charge in [0, 0.05) is 6.61 Å². The molecule has 13 heavy (non-hydrogen) atoms. The summed E-state index contributed by atoms with van der Waals surface area (Å²) < 4.78 is 0. The van der Waals surface area contributed by atoms with E-state index in [0.717, 1.165) is 5.48 Å². The van der Waals surface area contributed by atoms with Crippen LogP contribution >= 0.6 is 0 Å². The lowest BCUT2D eigenvalue weighted by Crippen LogP contribution is -2.46. The van der Waals surface area contributed by atoms with Crippen LogP contribution in [0.5, 0.6) is 0 Å². The summed E-state index contributed by atoms with van der Waals surface area (Å²) in [6.45, 7) is -0.383. The maximum absolute atomic E-state index is 10.5. The van der Waals surface area contributed by atoms with Crippen LogP contribution < -0.4 is 5.48 Å². The molecule has 0 aromatic heterocycles. The van der Waals surface area contributed by atoms with E-state index in [4.69, 9.17) is 25.6 Å². The zero-order chi connectivity index (χ0) is 10.4. The zero-order valence-corrected chi connectivity index (χ0v) is 6.79. The van der Waals surface area contributed by atoms with Gasteiger partial charge >= 0.3 is 0 Å². The van der Waals surface area contributed by atoms with Gasteiger partial charge < -0.3 is 20.4 Å². The predicted octanol–water partition coefficient (Wildman–Crippen LogP) is -3.04. The van der Waals surface area contributed by atoms with Gasteiger partial charge in [-0.3, -0.25) is 10.0 Å². The molecule has 0 aliphatic carbocycles. The van der Waals surface area contributed by atoms with Gasteiger partial charge in [0.05, 0.1) is 6.10 Å². The van der Waals surface area contributed by atoms with Crippen LogP contribution in [0.15, 0.2) is 0 Å².